The normalized spacial score (nSPS) is 12.8. The number of ether oxygens (including phenoxy) is 3. The van der Waals surface area contributed by atoms with Crippen molar-refractivity contribution in [2.24, 2.45) is 0 Å². The molecule has 0 fully saturated rings. The molecule has 0 amide bonds. The van der Waals surface area contributed by atoms with Crippen LogP contribution in [0.5, 0.6) is 0 Å². The van der Waals surface area contributed by atoms with Crippen LogP contribution in [0.1, 0.15) is 239 Å². The molecule has 0 rings (SSSR count). The Morgan fingerprint density at radius 2 is 0.767 bits per heavy atom. The summed E-state index contributed by atoms with van der Waals surface area (Å²) in [6.07, 6.45) is 64.9. The van der Waals surface area contributed by atoms with Crippen LogP contribution in [0.15, 0.2) is 72.9 Å². The van der Waals surface area contributed by atoms with Crippen molar-refractivity contribution in [1.82, 2.24) is 0 Å². The number of hydrogen-bond donors (Lipinski definition) is 0. The van der Waals surface area contributed by atoms with E-state index in [2.05, 4.69) is 93.7 Å². The van der Waals surface area contributed by atoms with E-state index in [4.69, 9.17) is 14.2 Å². The van der Waals surface area contributed by atoms with Crippen molar-refractivity contribution < 1.29 is 23.8 Å². The highest BCUT2D eigenvalue weighted by molar-refractivity contribution is 5.70. The Morgan fingerprint density at radius 3 is 1.27 bits per heavy atom. The van der Waals surface area contributed by atoms with Crippen LogP contribution in [-0.4, -0.2) is 37.9 Å². The van der Waals surface area contributed by atoms with Crippen LogP contribution in [-0.2, 0) is 23.8 Å². The topological polar surface area (TPSA) is 61.8 Å². The second-order valence-corrected chi connectivity index (χ2v) is 16.7. The van der Waals surface area contributed by atoms with E-state index in [1.54, 1.807) is 0 Å². The van der Waals surface area contributed by atoms with Gasteiger partial charge in [-0.05, 0) is 96.3 Å². The highest BCUT2D eigenvalue weighted by Gasteiger charge is 2.17. The number of carbonyl (C=O) groups excluding carboxylic acids is 2. The monoisotopic (exact) mass is 837 g/mol. The molecule has 0 aliphatic carbocycles. The van der Waals surface area contributed by atoms with Gasteiger partial charge in [0, 0.05) is 19.4 Å². The summed E-state index contributed by atoms with van der Waals surface area (Å²) in [5, 5.41) is 0. The molecule has 0 N–H and O–H groups in total. The molecular formula is C55H96O5. The first-order chi connectivity index (χ1) is 29.6. The lowest BCUT2D eigenvalue weighted by atomic mass is 10.1. The van der Waals surface area contributed by atoms with Crippen LogP contribution in [0, 0.1) is 0 Å². The lowest BCUT2D eigenvalue weighted by molar-refractivity contribution is -0.163. The van der Waals surface area contributed by atoms with Gasteiger partial charge in [0.25, 0.3) is 0 Å². The Balaban J connectivity index is 4.28. The molecule has 0 aromatic rings. The van der Waals surface area contributed by atoms with E-state index in [0.29, 0.717) is 19.4 Å². The molecule has 0 bridgehead atoms. The first-order valence-corrected chi connectivity index (χ1v) is 25.5. The van der Waals surface area contributed by atoms with Crippen molar-refractivity contribution in [3.8, 4) is 0 Å². The summed E-state index contributed by atoms with van der Waals surface area (Å²) in [6.45, 7) is 7.54. The minimum absolute atomic E-state index is 0.0577. The largest absolute Gasteiger partial charge is 0.462 e. The third kappa shape index (κ3) is 48.0. The second kappa shape index (κ2) is 50.7. The fourth-order valence-electron chi connectivity index (χ4n) is 6.90. The number of carbonyl (C=O) groups is 2. The molecular weight excluding hydrogens is 741 g/mol. The maximum atomic E-state index is 12.7. The van der Waals surface area contributed by atoms with E-state index < -0.39 is 6.10 Å². The minimum atomic E-state index is -0.570. The van der Waals surface area contributed by atoms with Gasteiger partial charge in [0.1, 0.15) is 6.61 Å². The molecule has 1 unspecified atom stereocenters. The molecule has 0 aromatic carbocycles. The van der Waals surface area contributed by atoms with Gasteiger partial charge in [0.15, 0.2) is 6.10 Å². The van der Waals surface area contributed by atoms with Crippen molar-refractivity contribution in [3.63, 3.8) is 0 Å². The Morgan fingerprint density at radius 1 is 0.383 bits per heavy atom. The van der Waals surface area contributed by atoms with Crippen LogP contribution >= 0.6 is 0 Å². The second-order valence-electron chi connectivity index (χ2n) is 16.7. The molecule has 0 saturated carbocycles. The standard InChI is InChI=1S/C55H96O5/c1-4-7-10-13-16-19-22-24-26-27-28-29-30-31-34-36-39-42-45-48-54(56)59-52-53(60-55(57)49-46-43-40-37-33-21-18-15-12-9-6-3)51-58-50-47-44-41-38-35-32-25-23-20-17-14-11-8-5-2/h8,11,15,17-18,20,24-26,32,38,41,53H,4-7,9-10,12-14,16,19,21-23,27-31,33-37,39-40,42-52H2,1-3H3/b11-8-,18-15-,20-17-,26-24-,32-25-,41-38-. The van der Waals surface area contributed by atoms with Gasteiger partial charge in [-0.3, -0.25) is 9.59 Å². The summed E-state index contributed by atoms with van der Waals surface area (Å²) in [7, 11) is 0. The summed E-state index contributed by atoms with van der Waals surface area (Å²) in [4.78, 5) is 25.3. The molecule has 0 spiro atoms. The molecule has 0 saturated heterocycles. The zero-order valence-electron chi connectivity index (χ0n) is 39.7. The van der Waals surface area contributed by atoms with Crippen LogP contribution in [0.2, 0.25) is 0 Å². The van der Waals surface area contributed by atoms with Crippen molar-refractivity contribution in [3.05, 3.63) is 72.9 Å². The predicted molar refractivity (Wildman–Crippen MR) is 260 cm³/mol. The quantitative estimate of drug-likeness (QED) is 0.0347. The third-order valence-electron chi connectivity index (χ3n) is 10.7. The van der Waals surface area contributed by atoms with E-state index in [-0.39, 0.29) is 25.2 Å². The summed E-state index contributed by atoms with van der Waals surface area (Å²) < 4.78 is 17.3. The van der Waals surface area contributed by atoms with Gasteiger partial charge in [0.05, 0.1) is 6.61 Å². The van der Waals surface area contributed by atoms with Gasteiger partial charge in [-0.25, -0.2) is 0 Å². The van der Waals surface area contributed by atoms with Crippen molar-refractivity contribution in [2.75, 3.05) is 19.8 Å². The van der Waals surface area contributed by atoms with E-state index in [1.807, 2.05) is 0 Å². The Hall–Kier alpha value is -2.66. The lowest BCUT2D eigenvalue weighted by Crippen LogP contribution is -2.30. The van der Waals surface area contributed by atoms with Gasteiger partial charge in [0.2, 0.25) is 0 Å². The maximum absolute atomic E-state index is 12.7. The SMILES string of the molecule is CC/C=C\C/C=C\C/C=C\C/C=C\CCCOCC(COC(=O)CCCCCCCCCCC/C=C\CCCCCCCC)OC(=O)CCCCCCC/C=C\CCCC. The Kier molecular flexibility index (Phi) is 48.4. The van der Waals surface area contributed by atoms with Crippen LogP contribution in [0.25, 0.3) is 0 Å². The zero-order valence-corrected chi connectivity index (χ0v) is 39.7. The number of rotatable bonds is 46. The smallest absolute Gasteiger partial charge is 0.306 e. The van der Waals surface area contributed by atoms with Crippen LogP contribution in [0.3, 0.4) is 0 Å². The number of esters is 2. The molecule has 0 aliphatic heterocycles. The highest BCUT2D eigenvalue weighted by Crippen LogP contribution is 2.14. The summed E-state index contributed by atoms with van der Waals surface area (Å²) >= 11 is 0. The fraction of sp³-hybridized carbons (Fsp3) is 0.745. The van der Waals surface area contributed by atoms with Gasteiger partial charge in [-0.2, -0.15) is 0 Å². The van der Waals surface area contributed by atoms with Gasteiger partial charge >= 0.3 is 11.9 Å². The minimum Gasteiger partial charge on any atom is -0.462 e. The van der Waals surface area contributed by atoms with Crippen LogP contribution in [0.4, 0.5) is 0 Å². The predicted octanol–water partition coefficient (Wildman–Crippen LogP) is 17.1. The molecule has 60 heavy (non-hydrogen) atoms. The fourth-order valence-corrected chi connectivity index (χ4v) is 6.90. The highest BCUT2D eigenvalue weighted by atomic mass is 16.6. The van der Waals surface area contributed by atoms with Gasteiger partial charge < -0.3 is 14.2 Å². The summed E-state index contributed by atoms with van der Waals surface area (Å²) in [5.41, 5.74) is 0. The number of unbranched alkanes of at least 4 members (excludes halogenated alkanes) is 23. The van der Waals surface area contributed by atoms with Crippen molar-refractivity contribution in [2.45, 2.75) is 245 Å². The van der Waals surface area contributed by atoms with Crippen LogP contribution < -0.4 is 0 Å². The van der Waals surface area contributed by atoms with E-state index in [1.165, 1.54) is 128 Å². The maximum Gasteiger partial charge on any atom is 0.306 e. The van der Waals surface area contributed by atoms with Gasteiger partial charge in [-0.15, -0.1) is 0 Å². The number of allylic oxidation sites excluding steroid dienone is 12. The average molecular weight is 837 g/mol. The molecule has 0 heterocycles. The van der Waals surface area contributed by atoms with Gasteiger partial charge in [-0.1, -0.05) is 203 Å². The van der Waals surface area contributed by atoms with E-state index in [9.17, 15) is 9.59 Å². The molecule has 0 radical (unpaired) electrons. The molecule has 5 nitrogen and oxygen atoms in total. The van der Waals surface area contributed by atoms with E-state index >= 15 is 0 Å². The average Bonchev–Trinajstić information content (AvgIpc) is 3.25. The first-order valence-electron chi connectivity index (χ1n) is 25.5. The molecule has 1 atom stereocenters. The summed E-state index contributed by atoms with van der Waals surface area (Å²) in [6, 6.07) is 0. The van der Waals surface area contributed by atoms with Crippen molar-refractivity contribution >= 4 is 11.9 Å². The van der Waals surface area contributed by atoms with Crippen molar-refractivity contribution in [1.29, 1.82) is 0 Å². The molecule has 0 aliphatic rings. The Bertz CT molecular complexity index is 1080. The van der Waals surface area contributed by atoms with E-state index in [0.717, 1.165) is 77.0 Å². The third-order valence-corrected chi connectivity index (χ3v) is 10.7. The summed E-state index contributed by atoms with van der Waals surface area (Å²) in [5.74, 6) is -0.439. The number of hydrogen-bond acceptors (Lipinski definition) is 5. The first kappa shape index (κ1) is 57.3. The molecule has 346 valence electrons. The Labute approximate surface area is 372 Å². The molecule has 5 heteroatoms. The zero-order chi connectivity index (χ0) is 43.5. The molecule has 0 aromatic heterocycles. The lowest BCUT2D eigenvalue weighted by Gasteiger charge is -2.18.